The largest absolute Gasteiger partial charge is 0.479 e. The molecule has 1 N–H and O–H groups in total. The van der Waals surface area contributed by atoms with Gasteiger partial charge < -0.3 is 9.47 Å². The van der Waals surface area contributed by atoms with Crippen molar-refractivity contribution in [2.45, 2.75) is 31.9 Å². The molecule has 0 fully saturated rings. The fraction of sp³-hybridized carbons (Fsp3) is 0.318. The summed E-state index contributed by atoms with van der Waals surface area (Å²) in [5.41, 5.74) is 1.92. The molecule has 0 aromatic carbocycles. The van der Waals surface area contributed by atoms with Crippen molar-refractivity contribution in [2.75, 3.05) is 18.9 Å². The van der Waals surface area contributed by atoms with Crippen molar-refractivity contribution < 1.29 is 17.9 Å². The van der Waals surface area contributed by atoms with Crippen molar-refractivity contribution in [1.29, 1.82) is 0 Å². The Bertz CT molecular complexity index is 1420. The predicted octanol–water partition coefficient (Wildman–Crippen LogP) is 2.17. The van der Waals surface area contributed by atoms with Crippen LogP contribution < -0.4 is 14.2 Å². The average molecular weight is 512 g/mol. The van der Waals surface area contributed by atoms with Gasteiger partial charge in [-0.15, -0.1) is 10.2 Å². The lowest BCUT2D eigenvalue weighted by Gasteiger charge is -2.21. The molecule has 4 aromatic heterocycles. The average Bonchev–Trinajstić information content (AvgIpc) is 3.30. The van der Waals surface area contributed by atoms with Gasteiger partial charge in [0.05, 0.1) is 30.9 Å². The Morgan fingerprint density at radius 1 is 0.944 bits per heavy atom. The standard InChI is InChI=1S/C22H25N9O4S/c1-13-10-25-17(11-24-13)14(2)15(3)36(32,33)30-22-29-28-19(16-8-6-7-9-23-16)31(22)18-20(34-4)26-12-27-21(18)35-5/h6-12,14-15H,1-5H3,(H,29,30). The van der Waals surface area contributed by atoms with Crippen molar-refractivity contribution in [3.05, 3.63) is 54.5 Å². The van der Waals surface area contributed by atoms with E-state index in [-0.39, 0.29) is 29.2 Å². The van der Waals surface area contributed by atoms with Crippen LogP contribution in [0, 0.1) is 6.92 Å². The second kappa shape index (κ2) is 10.2. The summed E-state index contributed by atoms with van der Waals surface area (Å²) in [6.07, 6.45) is 6.02. The van der Waals surface area contributed by atoms with E-state index in [0.29, 0.717) is 11.4 Å². The maximum atomic E-state index is 13.5. The third kappa shape index (κ3) is 4.79. The second-order valence-electron chi connectivity index (χ2n) is 7.86. The van der Waals surface area contributed by atoms with Crippen LogP contribution >= 0.6 is 0 Å². The molecular formula is C22H25N9O4S. The number of anilines is 1. The molecule has 0 saturated carbocycles. The molecule has 13 nitrogen and oxygen atoms in total. The number of hydrogen-bond acceptors (Lipinski definition) is 11. The van der Waals surface area contributed by atoms with Gasteiger partial charge >= 0.3 is 0 Å². The fourth-order valence-electron chi connectivity index (χ4n) is 3.43. The minimum absolute atomic E-state index is 0.115. The van der Waals surface area contributed by atoms with E-state index in [1.54, 1.807) is 50.6 Å². The van der Waals surface area contributed by atoms with Crippen LogP contribution in [0.3, 0.4) is 0 Å². The predicted molar refractivity (Wildman–Crippen MR) is 130 cm³/mol. The maximum absolute atomic E-state index is 13.5. The third-order valence-corrected chi connectivity index (χ3v) is 7.47. The van der Waals surface area contributed by atoms with Gasteiger partial charge in [-0.05, 0) is 26.0 Å². The van der Waals surface area contributed by atoms with Crippen molar-refractivity contribution in [1.82, 2.24) is 39.7 Å². The van der Waals surface area contributed by atoms with Gasteiger partial charge in [0.15, 0.2) is 11.5 Å². The summed E-state index contributed by atoms with van der Waals surface area (Å²) in [7, 11) is -1.15. The lowest BCUT2D eigenvalue weighted by molar-refractivity contribution is 0.368. The van der Waals surface area contributed by atoms with E-state index in [2.05, 4.69) is 39.8 Å². The first kappa shape index (κ1) is 24.9. The van der Waals surface area contributed by atoms with E-state index < -0.39 is 21.2 Å². The molecule has 188 valence electrons. The molecule has 0 amide bonds. The molecular weight excluding hydrogens is 486 g/mol. The highest BCUT2D eigenvalue weighted by molar-refractivity contribution is 7.93. The summed E-state index contributed by atoms with van der Waals surface area (Å²) in [5, 5.41) is 7.43. The molecule has 0 bridgehead atoms. The Kier molecular flexibility index (Phi) is 7.05. The molecule has 4 rings (SSSR count). The number of rotatable bonds is 9. The number of aromatic nitrogens is 8. The summed E-state index contributed by atoms with van der Waals surface area (Å²) in [6.45, 7) is 5.16. The van der Waals surface area contributed by atoms with Gasteiger partial charge in [-0.25, -0.2) is 13.0 Å². The minimum Gasteiger partial charge on any atom is -0.479 e. The van der Waals surface area contributed by atoms with Gasteiger partial charge in [-0.3, -0.25) is 19.7 Å². The van der Waals surface area contributed by atoms with Crippen LogP contribution in [0.25, 0.3) is 17.2 Å². The van der Waals surface area contributed by atoms with Crippen LogP contribution in [0.4, 0.5) is 5.95 Å². The third-order valence-electron chi connectivity index (χ3n) is 5.62. The smallest absolute Gasteiger partial charge is 0.245 e. The van der Waals surface area contributed by atoms with Gasteiger partial charge in [0.1, 0.15) is 12.0 Å². The zero-order chi connectivity index (χ0) is 25.9. The maximum Gasteiger partial charge on any atom is 0.245 e. The Morgan fingerprint density at radius 3 is 2.25 bits per heavy atom. The Labute approximate surface area is 208 Å². The van der Waals surface area contributed by atoms with Gasteiger partial charge in [0.2, 0.25) is 27.7 Å². The number of hydrogen-bond donors (Lipinski definition) is 1. The van der Waals surface area contributed by atoms with E-state index in [4.69, 9.17) is 9.47 Å². The van der Waals surface area contributed by atoms with Gasteiger partial charge in [-0.2, -0.15) is 9.97 Å². The van der Waals surface area contributed by atoms with E-state index in [0.717, 1.165) is 5.69 Å². The second-order valence-corrected chi connectivity index (χ2v) is 9.90. The molecule has 0 aliphatic carbocycles. The fourth-order valence-corrected chi connectivity index (χ4v) is 4.68. The number of methoxy groups -OCH3 is 2. The molecule has 0 radical (unpaired) electrons. The molecule has 0 aliphatic rings. The van der Waals surface area contributed by atoms with Crippen molar-refractivity contribution in [3.63, 3.8) is 0 Å². The van der Waals surface area contributed by atoms with Crippen molar-refractivity contribution in [2.24, 2.45) is 0 Å². The lowest BCUT2D eigenvalue weighted by Crippen LogP contribution is -2.31. The topological polar surface area (TPSA) is 160 Å². The van der Waals surface area contributed by atoms with Crippen LogP contribution in [0.15, 0.2) is 43.1 Å². The number of pyridine rings is 1. The quantitative estimate of drug-likeness (QED) is 0.351. The molecule has 0 saturated heterocycles. The zero-order valence-corrected chi connectivity index (χ0v) is 21.1. The van der Waals surface area contributed by atoms with Crippen LogP contribution in [0.1, 0.15) is 31.2 Å². The first-order valence-corrected chi connectivity index (χ1v) is 12.4. The summed E-state index contributed by atoms with van der Waals surface area (Å²) >= 11 is 0. The molecule has 2 unspecified atom stereocenters. The van der Waals surface area contributed by atoms with Crippen LogP contribution in [-0.4, -0.2) is 67.6 Å². The number of sulfonamides is 1. The molecule has 0 spiro atoms. The van der Waals surface area contributed by atoms with Gasteiger partial charge in [0, 0.05) is 24.5 Å². The van der Waals surface area contributed by atoms with E-state index in [1.807, 2.05) is 6.92 Å². The summed E-state index contributed by atoms with van der Waals surface area (Å²) in [5.74, 6) is -0.112. The molecule has 4 aromatic rings. The molecule has 0 aliphatic heterocycles. The monoisotopic (exact) mass is 511 g/mol. The summed E-state index contributed by atoms with van der Waals surface area (Å²) in [4.78, 5) is 21.2. The first-order valence-electron chi connectivity index (χ1n) is 10.9. The number of nitrogens with one attached hydrogen (secondary N) is 1. The van der Waals surface area contributed by atoms with Crippen LogP contribution in [0.5, 0.6) is 11.8 Å². The normalized spacial score (nSPS) is 13.1. The van der Waals surface area contributed by atoms with Gasteiger partial charge in [-0.1, -0.05) is 13.0 Å². The Morgan fingerprint density at radius 2 is 1.67 bits per heavy atom. The highest BCUT2D eigenvalue weighted by Crippen LogP contribution is 2.35. The summed E-state index contributed by atoms with van der Waals surface area (Å²) < 4.78 is 41.7. The van der Waals surface area contributed by atoms with Gasteiger partial charge in [0.25, 0.3) is 0 Å². The van der Waals surface area contributed by atoms with Crippen molar-refractivity contribution in [3.8, 4) is 29.0 Å². The van der Waals surface area contributed by atoms with E-state index >= 15 is 0 Å². The Hall–Kier alpha value is -4.20. The Balaban J connectivity index is 1.81. The van der Waals surface area contributed by atoms with E-state index in [9.17, 15) is 8.42 Å². The SMILES string of the molecule is COc1ncnc(OC)c1-n1c(NS(=O)(=O)C(C)C(C)c2cnc(C)cn2)nnc1-c1ccccn1. The van der Waals surface area contributed by atoms with Crippen LogP contribution in [0.2, 0.25) is 0 Å². The number of aryl methyl sites for hydroxylation is 1. The minimum atomic E-state index is -3.99. The van der Waals surface area contributed by atoms with Crippen molar-refractivity contribution >= 4 is 16.0 Å². The zero-order valence-electron chi connectivity index (χ0n) is 20.3. The molecule has 14 heteroatoms. The van der Waals surface area contributed by atoms with E-state index in [1.165, 1.54) is 25.1 Å². The lowest BCUT2D eigenvalue weighted by atomic mass is 10.1. The highest BCUT2D eigenvalue weighted by Gasteiger charge is 2.32. The van der Waals surface area contributed by atoms with Crippen LogP contribution in [-0.2, 0) is 10.0 Å². The first-order chi connectivity index (χ1) is 17.3. The highest BCUT2D eigenvalue weighted by atomic mass is 32.2. The summed E-state index contributed by atoms with van der Waals surface area (Å²) in [6, 6.07) is 5.23. The molecule has 4 heterocycles. The molecule has 36 heavy (non-hydrogen) atoms. The number of ether oxygens (including phenoxy) is 2. The molecule has 2 atom stereocenters. The number of nitrogens with zero attached hydrogens (tertiary/aromatic N) is 8.